The molecule has 4 nitrogen and oxygen atoms in total. The van der Waals surface area contributed by atoms with E-state index in [0.717, 1.165) is 41.6 Å². The maximum absolute atomic E-state index is 12.4. The lowest BCUT2D eigenvalue weighted by atomic mass is 10.0. The molecule has 0 aliphatic carbocycles. The first-order valence-electron chi connectivity index (χ1n) is 6.97. The number of rotatable bonds is 4. The van der Waals surface area contributed by atoms with Gasteiger partial charge in [-0.1, -0.05) is 12.1 Å². The molecule has 1 amide bonds. The number of nitrogens with one attached hydrogen (secondary N) is 1. The molecule has 1 saturated heterocycles. The Balaban J connectivity index is 2.13. The van der Waals surface area contributed by atoms with Crippen LogP contribution in [0.1, 0.15) is 34.3 Å². The molecule has 0 bridgehead atoms. The van der Waals surface area contributed by atoms with Crippen molar-refractivity contribution >= 4 is 29.7 Å². The molecule has 112 valence electrons. The van der Waals surface area contributed by atoms with Crippen LogP contribution >= 0.6 is 11.8 Å². The highest BCUT2D eigenvalue weighted by Gasteiger charge is 2.18. The van der Waals surface area contributed by atoms with E-state index in [9.17, 15) is 9.59 Å². The van der Waals surface area contributed by atoms with Crippen molar-refractivity contribution < 1.29 is 14.7 Å². The second-order valence-corrected chi connectivity index (χ2v) is 6.28. The van der Waals surface area contributed by atoms with Gasteiger partial charge in [-0.3, -0.25) is 4.79 Å². The van der Waals surface area contributed by atoms with E-state index in [1.807, 2.05) is 24.8 Å². The van der Waals surface area contributed by atoms with Gasteiger partial charge in [0.1, 0.15) is 0 Å². The summed E-state index contributed by atoms with van der Waals surface area (Å²) in [6, 6.07) is 5.61. The number of hydrogen-bond acceptors (Lipinski definition) is 3. The molecule has 0 atom stereocenters. The van der Waals surface area contributed by atoms with Crippen molar-refractivity contribution in [3.05, 3.63) is 41.0 Å². The number of hydrogen-bond donors (Lipinski definition) is 2. The molecule has 1 aromatic rings. The van der Waals surface area contributed by atoms with Crippen LogP contribution < -0.4 is 5.32 Å². The number of carboxylic acids is 1. The largest absolute Gasteiger partial charge is 0.478 e. The zero-order valence-corrected chi connectivity index (χ0v) is 12.8. The third-order valence-electron chi connectivity index (χ3n) is 3.58. The fourth-order valence-corrected chi connectivity index (χ4v) is 3.45. The minimum Gasteiger partial charge on any atom is -0.478 e. The molecule has 0 unspecified atom stereocenters. The Hall–Kier alpha value is -1.75. The highest BCUT2D eigenvalue weighted by molar-refractivity contribution is 7.99. The second-order valence-electron chi connectivity index (χ2n) is 5.05. The van der Waals surface area contributed by atoms with Crippen LogP contribution in [0.25, 0.3) is 6.08 Å². The average Bonchev–Trinajstić information content (AvgIpc) is 2.47. The topological polar surface area (TPSA) is 66.4 Å². The third kappa shape index (κ3) is 4.36. The Morgan fingerprint density at radius 2 is 2.05 bits per heavy atom. The van der Waals surface area contributed by atoms with Crippen LogP contribution in [-0.4, -0.2) is 34.5 Å². The van der Waals surface area contributed by atoms with Crippen molar-refractivity contribution in [2.75, 3.05) is 11.5 Å². The van der Waals surface area contributed by atoms with E-state index in [-0.39, 0.29) is 11.9 Å². The van der Waals surface area contributed by atoms with Crippen LogP contribution in [0.4, 0.5) is 0 Å². The highest BCUT2D eigenvalue weighted by atomic mass is 32.2. The molecule has 1 fully saturated rings. The Morgan fingerprint density at radius 3 is 2.71 bits per heavy atom. The standard InChI is InChI=1S/C16H19NO3S/c1-11-12(5-6-15(18)19)3-2-4-14(11)16(20)17-13-7-9-21-10-8-13/h2-6,13H,7-10H2,1H3,(H,17,20)(H,18,19)/b6-5+. The number of carbonyl (C=O) groups is 2. The summed E-state index contributed by atoms with van der Waals surface area (Å²) >= 11 is 1.92. The van der Waals surface area contributed by atoms with E-state index < -0.39 is 5.97 Å². The highest BCUT2D eigenvalue weighted by Crippen LogP contribution is 2.19. The summed E-state index contributed by atoms with van der Waals surface area (Å²) in [5.74, 6) is 1.11. The van der Waals surface area contributed by atoms with Gasteiger partial charge in [0.25, 0.3) is 5.91 Å². The van der Waals surface area contributed by atoms with Gasteiger partial charge >= 0.3 is 5.97 Å². The van der Waals surface area contributed by atoms with Crippen LogP contribution in [-0.2, 0) is 4.79 Å². The van der Waals surface area contributed by atoms with Crippen molar-refractivity contribution in [3.63, 3.8) is 0 Å². The quantitative estimate of drug-likeness (QED) is 0.839. The lowest BCUT2D eigenvalue weighted by Crippen LogP contribution is -2.37. The van der Waals surface area contributed by atoms with Crippen LogP contribution in [0.3, 0.4) is 0 Å². The molecule has 0 aromatic heterocycles. The minimum atomic E-state index is -0.996. The van der Waals surface area contributed by atoms with Gasteiger partial charge in [0.2, 0.25) is 0 Å². The summed E-state index contributed by atoms with van der Waals surface area (Å²) in [5.41, 5.74) is 2.17. The number of amides is 1. The smallest absolute Gasteiger partial charge is 0.328 e. The zero-order valence-electron chi connectivity index (χ0n) is 12.0. The molecule has 0 spiro atoms. The monoisotopic (exact) mass is 305 g/mol. The Bertz CT molecular complexity index is 563. The van der Waals surface area contributed by atoms with Gasteiger partial charge in [0, 0.05) is 17.7 Å². The maximum Gasteiger partial charge on any atom is 0.328 e. The number of benzene rings is 1. The van der Waals surface area contributed by atoms with Gasteiger partial charge in [-0.25, -0.2) is 4.79 Å². The fourth-order valence-electron chi connectivity index (χ4n) is 2.35. The van der Waals surface area contributed by atoms with Crippen molar-refractivity contribution in [1.82, 2.24) is 5.32 Å². The van der Waals surface area contributed by atoms with Crippen LogP contribution in [0.2, 0.25) is 0 Å². The van der Waals surface area contributed by atoms with E-state index in [1.165, 1.54) is 6.08 Å². The van der Waals surface area contributed by atoms with Gasteiger partial charge in [-0.15, -0.1) is 0 Å². The molecule has 5 heteroatoms. The average molecular weight is 305 g/mol. The van der Waals surface area contributed by atoms with Gasteiger partial charge in [-0.2, -0.15) is 11.8 Å². The summed E-state index contributed by atoms with van der Waals surface area (Å²) in [6.45, 7) is 1.84. The normalized spacial score (nSPS) is 16.0. The van der Waals surface area contributed by atoms with E-state index in [4.69, 9.17) is 5.11 Å². The number of thioether (sulfide) groups is 1. The van der Waals surface area contributed by atoms with E-state index in [0.29, 0.717) is 5.56 Å². The molecular weight excluding hydrogens is 286 g/mol. The first kappa shape index (κ1) is 15.6. The predicted octanol–water partition coefficient (Wildman–Crippen LogP) is 2.72. The molecule has 1 aliphatic heterocycles. The van der Waals surface area contributed by atoms with Crippen LogP contribution in [0.15, 0.2) is 24.3 Å². The van der Waals surface area contributed by atoms with Gasteiger partial charge in [-0.05, 0) is 54.5 Å². The lowest BCUT2D eigenvalue weighted by molar-refractivity contribution is -0.131. The third-order valence-corrected chi connectivity index (χ3v) is 4.63. The Labute approximate surface area is 128 Å². The van der Waals surface area contributed by atoms with E-state index >= 15 is 0 Å². The summed E-state index contributed by atoms with van der Waals surface area (Å²) in [7, 11) is 0. The van der Waals surface area contributed by atoms with E-state index in [1.54, 1.807) is 12.1 Å². The van der Waals surface area contributed by atoms with Crippen molar-refractivity contribution in [3.8, 4) is 0 Å². The molecule has 1 heterocycles. The number of carbonyl (C=O) groups excluding carboxylic acids is 1. The minimum absolute atomic E-state index is 0.0741. The second kappa shape index (κ2) is 7.31. The van der Waals surface area contributed by atoms with Gasteiger partial charge in [0.15, 0.2) is 0 Å². The predicted molar refractivity (Wildman–Crippen MR) is 85.7 cm³/mol. The van der Waals surface area contributed by atoms with Crippen LogP contribution in [0.5, 0.6) is 0 Å². The molecule has 0 radical (unpaired) electrons. The summed E-state index contributed by atoms with van der Waals surface area (Å²) < 4.78 is 0. The molecular formula is C16H19NO3S. The molecule has 2 N–H and O–H groups in total. The Kier molecular flexibility index (Phi) is 5.44. The van der Waals surface area contributed by atoms with Crippen molar-refractivity contribution in [2.45, 2.75) is 25.8 Å². The lowest BCUT2D eigenvalue weighted by Gasteiger charge is -2.23. The van der Waals surface area contributed by atoms with Crippen molar-refractivity contribution in [1.29, 1.82) is 0 Å². The molecule has 21 heavy (non-hydrogen) atoms. The molecule has 1 aliphatic rings. The van der Waals surface area contributed by atoms with Crippen molar-refractivity contribution in [2.24, 2.45) is 0 Å². The molecule has 2 rings (SSSR count). The molecule has 0 saturated carbocycles. The first-order valence-corrected chi connectivity index (χ1v) is 8.12. The first-order chi connectivity index (χ1) is 10.1. The number of carboxylic acid groups (broad SMARTS) is 1. The summed E-state index contributed by atoms with van der Waals surface area (Å²) in [6.07, 6.45) is 4.62. The zero-order chi connectivity index (χ0) is 15.2. The molecule has 1 aromatic carbocycles. The van der Waals surface area contributed by atoms with Gasteiger partial charge < -0.3 is 10.4 Å². The Morgan fingerprint density at radius 1 is 1.33 bits per heavy atom. The maximum atomic E-state index is 12.4. The van der Waals surface area contributed by atoms with Gasteiger partial charge in [0.05, 0.1) is 0 Å². The summed E-state index contributed by atoms with van der Waals surface area (Å²) in [5, 5.41) is 11.8. The summed E-state index contributed by atoms with van der Waals surface area (Å²) in [4.78, 5) is 23.0. The SMILES string of the molecule is Cc1c(/C=C/C(=O)O)cccc1C(=O)NC1CCSCC1. The number of aliphatic carboxylic acids is 1. The van der Waals surface area contributed by atoms with Crippen LogP contribution in [0, 0.1) is 6.92 Å². The fraction of sp³-hybridized carbons (Fsp3) is 0.375. The van der Waals surface area contributed by atoms with E-state index in [2.05, 4.69) is 5.32 Å².